The van der Waals surface area contributed by atoms with Crippen molar-refractivity contribution < 1.29 is 9.94 Å². The highest BCUT2D eigenvalue weighted by Crippen LogP contribution is 2.24. The van der Waals surface area contributed by atoms with Crippen LogP contribution in [0.3, 0.4) is 0 Å². The van der Waals surface area contributed by atoms with E-state index in [4.69, 9.17) is 15.7 Å². The number of nitrogens with zero attached hydrogens (tertiary/aromatic N) is 1. The lowest BCUT2D eigenvalue weighted by Crippen LogP contribution is -2.31. The number of unbranched alkanes of at least 4 members (excludes halogenated alkanes) is 1. The van der Waals surface area contributed by atoms with Crippen molar-refractivity contribution >= 4 is 11.5 Å². The number of oxime groups is 1. The molecule has 5 heteroatoms. The standard InChI is InChI=1S/C16H27N3O2/c1-12-11-13(7-8-14(12)21-4)18-10-6-5-9-16(2,3)15(17)19-20/h7-8,11,18,20H,5-6,9-10H2,1-4H3,(H2,17,19). The Morgan fingerprint density at radius 1 is 1.38 bits per heavy atom. The van der Waals surface area contributed by atoms with Gasteiger partial charge in [-0.1, -0.05) is 25.4 Å². The fourth-order valence-electron chi connectivity index (χ4n) is 2.18. The third-order valence-corrected chi connectivity index (χ3v) is 3.75. The molecule has 4 N–H and O–H groups in total. The van der Waals surface area contributed by atoms with Crippen LogP contribution in [0.15, 0.2) is 23.4 Å². The van der Waals surface area contributed by atoms with Crippen molar-refractivity contribution in [1.29, 1.82) is 0 Å². The molecule has 0 heterocycles. The van der Waals surface area contributed by atoms with Crippen molar-refractivity contribution in [2.45, 2.75) is 40.0 Å². The van der Waals surface area contributed by atoms with Crippen LogP contribution < -0.4 is 15.8 Å². The Morgan fingerprint density at radius 3 is 2.67 bits per heavy atom. The summed E-state index contributed by atoms with van der Waals surface area (Å²) in [5, 5.41) is 15.2. The van der Waals surface area contributed by atoms with E-state index in [0.29, 0.717) is 5.84 Å². The summed E-state index contributed by atoms with van der Waals surface area (Å²) >= 11 is 0. The Kier molecular flexibility index (Phi) is 6.34. The molecule has 1 aromatic rings. The topological polar surface area (TPSA) is 79.9 Å². The van der Waals surface area contributed by atoms with E-state index in [1.807, 2.05) is 32.9 Å². The van der Waals surface area contributed by atoms with Gasteiger partial charge in [-0.2, -0.15) is 0 Å². The Balaban J connectivity index is 2.33. The van der Waals surface area contributed by atoms with Crippen LogP contribution >= 0.6 is 0 Å². The van der Waals surface area contributed by atoms with Gasteiger partial charge in [0.05, 0.1) is 7.11 Å². The largest absolute Gasteiger partial charge is 0.496 e. The lowest BCUT2D eigenvalue weighted by Gasteiger charge is -2.22. The van der Waals surface area contributed by atoms with Crippen LogP contribution in [0.5, 0.6) is 5.75 Å². The van der Waals surface area contributed by atoms with Gasteiger partial charge in [-0.15, -0.1) is 0 Å². The Labute approximate surface area is 127 Å². The number of methoxy groups -OCH3 is 1. The number of amidine groups is 1. The van der Waals surface area contributed by atoms with Crippen LogP contribution in [0.4, 0.5) is 5.69 Å². The minimum Gasteiger partial charge on any atom is -0.496 e. The predicted molar refractivity (Wildman–Crippen MR) is 87.3 cm³/mol. The van der Waals surface area contributed by atoms with Gasteiger partial charge >= 0.3 is 0 Å². The van der Waals surface area contributed by atoms with Gasteiger partial charge in [0.25, 0.3) is 0 Å². The SMILES string of the molecule is COc1ccc(NCCCCC(C)(C)/C(N)=N/O)cc1C. The first-order valence-corrected chi connectivity index (χ1v) is 7.27. The zero-order valence-corrected chi connectivity index (χ0v) is 13.4. The van der Waals surface area contributed by atoms with Crippen LogP contribution in [0.2, 0.25) is 0 Å². The van der Waals surface area contributed by atoms with E-state index < -0.39 is 0 Å². The first kappa shape index (κ1) is 17.1. The van der Waals surface area contributed by atoms with E-state index >= 15 is 0 Å². The summed E-state index contributed by atoms with van der Waals surface area (Å²) < 4.78 is 5.24. The molecule has 0 unspecified atom stereocenters. The van der Waals surface area contributed by atoms with Crippen molar-refractivity contribution in [3.63, 3.8) is 0 Å². The summed E-state index contributed by atoms with van der Waals surface area (Å²) in [6.07, 6.45) is 2.95. The van der Waals surface area contributed by atoms with Crippen molar-refractivity contribution in [1.82, 2.24) is 0 Å². The van der Waals surface area contributed by atoms with E-state index in [0.717, 1.165) is 42.8 Å². The number of hydrogen-bond acceptors (Lipinski definition) is 4. The number of ether oxygens (including phenoxy) is 1. The molecule has 0 aliphatic rings. The van der Waals surface area contributed by atoms with Crippen LogP contribution in [0, 0.1) is 12.3 Å². The van der Waals surface area contributed by atoms with Crippen molar-refractivity contribution in [2.24, 2.45) is 16.3 Å². The molecule has 1 rings (SSSR count). The van der Waals surface area contributed by atoms with Crippen LogP contribution in [-0.4, -0.2) is 24.7 Å². The van der Waals surface area contributed by atoms with Crippen molar-refractivity contribution in [3.05, 3.63) is 23.8 Å². The molecule has 0 fully saturated rings. The molecular formula is C16H27N3O2. The molecule has 0 amide bonds. The minimum absolute atomic E-state index is 0.258. The molecule has 0 aromatic heterocycles. The maximum Gasteiger partial charge on any atom is 0.144 e. The molecule has 118 valence electrons. The maximum absolute atomic E-state index is 8.73. The van der Waals surface area contributed by atoms with Crippen molar-refractivity contribution in [2.75, 3.05) is 19.0 Å². The second-order valence-electron chi connectivity index (χ2n) is 5.94. The van der Waals surface area contributed by atoms with Gasteiger partial charge in [0, 0.05) is 17.6 Å². The van der Waals surface area contributed by atoms with Gasteiger partial charge in [-0.3, -0.25) is 0 Å². The maximum atomic E-state index is 8.73. The summed E-state index contributed by atoms with van der Waals surface area (Å²) in [7, 11) is 1.68. The van der Waals surface area contributed by atoms with Crippen LogP contribution in [-0.2, 0) is 0 Å². The Morgan fingerprint density at radius 2 is 2.10 bits per heavy atom. The first-order valence-electron chi connectivity index (χ1n) is 7.27. The van der Waals surface area contributed by atoms with Gasteiger partial charge in [0.2, 0.25) is 0 Å². The highest BCUT2D eigenvalue weighted by molar-refractivity contribution is 5.85. The number of hydrogen-bond donors (Lipinski definition) is 3. The molecule has 21 heavy (non-hydrogen) atoms. The number of aryl methyl sites for hydroxylation is 1. The molecule has 0 bridgehead atoms. The Bertz CT molecular complexity index is 484. The van der Waals surface area contributed by atoms with E-state index in [1.165, 1.54) is 0 Å². The molecule has 0 aliphatic carbocycles. The molecular weight excluding hydrogens is 266 g/mol. The van der Waals surface area contributed by atoms with Crippen LogP contribution in [0.1, 0.15) is 38.7 Å². The third-order valence-electron chi connectivity index (χ3n) is 3.75. The number of nitrogens with two attached hydrogens (primary N) is 1. The zero-order chi connectivity index (χ0) is 15.9. The highest BCUT2D eigenvalue weighted by Gasteiger charge is 2.22. The Hall–Kier alpha value is -1.91. The monoisotopic (exact) mass is 293 g/mol. The smallest absolute Gasteiger partial charge is 0.144 e. The number of benzene rings is 1. The van der Waals surface area contributed by atoms with Gasteiger partial charge < -0.3 is 21.0 Å². The molecule has 1 aromatic carbocycles. The minimum atomic E-state index is -0.258. The third kappa shape index (κ3) is 5.17. The molecule has 0 radical (unpaired) electrons. The summed E-state index contributed by atoms with van der Waals surface area (Å²) in [6, 6.07) is 6.07. The average Bonchev–Trinajstić information content (AvgIpc) is 2.46. The summed E-state index contributed by atoms with van der Waals surface area (Å²) in [4.78, 5) is 0. The van der Waals surface area contributed by atoms with E-state index in [-0.39, 0.29) is 5.41 Å². The predicted octanol–water partition coefficient (Wildman–Crippen LogP) is 3.36. The van der Waals surface area contributed by atoms with Crippen molar-refractivity contribution in [3.8, 4) is 5.75 Å². The number of rotatable bonds is 8. The average molecular weight is 293 g/mol. The van der Waals surface area contributed by atoms with Gasteiger partial charge in [-0.05, 0) is 43.5 Å². The van der Waals surface area contributed by atoms with Gasteiger partial charge in [0.15, 0.2) is 0 Å². The second-order valence-corrected chi connectivity index (χ2v) is 5.94. The molecule has 0 spiro atoms. The second kappa shape index (κ2) is 7.76. The summed E-state index contributed by atoms with van der Waals surface area (Å²) in [6.45, 7) is 6.91. The van der Waals surface area contributed by atoms with Gasteiger partial charge in [0.1, 0.15) is 11.6 Å². The molecule has 5 nitrogen and oxygen atoms in total. The van der Waals surface area contributed by atoms with Gasteiger partial charge in [-0.25, -0.2) is 0 Å². The molecule has 0 atom stereocenters. The fourth-order valence-corrected chi connectivity index (χ4v) is 2.18. The van der Waals surface area contributed by atoms with E-state index in [9.17, 15) is 0 Å². The number of nitrogens with one attached hydrogen (secondary N) is 1. The normalized spacial score (nSPS) is 12.3. The highest BCUT2D eigenvalue weighted by atomic mass is 16.5. The van der Waals surface area contributed by atoms with Crippen LogP contribution in [0.25, 0.3) is 0 Å². The zero-order valence-electron chi connectivity index (χ0n) is 13.4. The fraction of sp³-hybridized carbons (Fsp3) is 0.562. The molecule has 0 saturated carbocycles. The summed E-state index contributed by atoms with van der Waals surface area (Å²) in [5.74, 6) is 1.20. The van der Waals surface area contributed by atoms with E-state index in [2.05, 4.69) is 16.5 Å². The first-order chi connectivity index (χ1) is 9.90. The lowest BCUT2D eigenvalue weighted by molar-refractivity contribution is 0.304. The molecule has 0 saturated heterocycles. The summed E-state index contributed by atoms with van der Waals surface area (Å²) in [5.41, 5.74) is 7.64. The quantitative estimate of drug-likeness (QED) is 0.226. The van der Waals surface area contributed by atoms with E-state index in [1.54, 1.807) is 7.11 Å². The lowest BCUT2D eigenvalue weighted by atomic mass is 9.86. The number of anilines is 1. The molecule has 0 aliphatic heterocycles.